The van der Waals surface area contributed by atoms with Crippen molar-refractivity contribution in [2.45, 2.75) is 25.3 Å². The number of halogens is 1. The van der Waals surface area contributed by atoms with Crippen molar-refractivity contribution in [3.63, 3.8) is 0 Å². The summed E-state index contributed by atoms with van der Waals surface area (Å²) < 4.78 is 21.3. The second-order valence-corrected chi connectivity index (χ2v) is 7.28. The molecule has 150 valence electrons. The number of rotatable bonds is 6. The number of pyridine rings is 1. The lowest BCUT2D eigenvalue weighted by Crippen LogP contribution is -2.26. The molecule has 1 aliphatic heterocycles. The van der Waals surface area contributed by atoms with Crippen LogP contribution in [-0.2, 0) is 16.0 Å². The Morgan fingerprint density at radius 2 is 2.24 bits per heavy atom. The fourth-order valence-corrected chi connectivity index (χ4v) is 4.04. The summed E-state index contributed by atoms with van der Waals surface area (Å²) in [5.41, 5.74) is 3.70. The molecular weight excluding hydrogens is 369 g/mol. The van der Waals surface area contributed by atoms with Gasteiger partial charge in [-0.3, -0.25) is 4.90 Å². The largest absolute Gasteiger partial charge is 0.466 e. The highest BCUT2D eigenvalue weighted by atomic mass is 19.1. The lowest BCUT2D eigenvalue weighted by molar-refractivity contribution is -0.134. The molecule has 1 saturated heterocycles. The Morgan fingerprint density at radius 3 is 3.07 bits per heavy atom. The molecule has 3 aromatic rings. The maximum absolute atomic E-state index is 14.8. The van der Waals surface area contributed by atoms with Gasteiger partial charge in [-0.05, 0) is 61.2 Å². The van der Waals surface area contributed by atoms with Crippen LogP contribution in [0.5, 0.6) is 0 Å². The molecule has 2 aromatic heterocycles. The number of hydrogen-bond donors (Lipinski definition) is 0. The van der Waals surface area contributed by atoms with Crippen molar-refractivity contribution in [3.05, 3.63) is 77.4 Å². The zero-order chi connectivity index (χ0) is 20.2. The number of methoxy groups -OCH3 is 1. The number of fused-ring (bicyclic) bond motifs is 1. The molecule has 1 aromatic carbocycles. The quantitative estimate of drug-likeness (QED) is 0.468. The summed E-state index contributed by atoms with van der Waals surface area (Å²) in [5, 5.41) is 4.40. The monoisotopic (exact) mass is 393 g/mol. The maximum atomic E-state index is 14.8. The molecule has 0 saturated carbocycles. The van der Waals surface area contributed by atoms with E-state index in [4.69, 9.17) is 0 Å². The van der Waals surface area contributed by atoms with E-state index < -0.39 is 5.97 Å². The highest BCUT2D eigenvalue weighted by Gasteiger charge is 2.28. The minimum absolute atomic E-state index is 0.0791. The van der Waals surface area contributed by atoms with Gasteiger partial charge < -0.3 is 4.74 Å². The molecule has 0 aliphatic carbocycles. The molecule has 29 heavy (non-hydrogen) atoms. The number of esters is 1. The Hall–Kier alpha value is -2.99. The molecular formula is C23H24FN3O2. The molecule has 6 heteroatoms. The van der Waals surface area contributed by atoms with E-state index in [0.29, 0.717) is 5.56 Å². The predicted molar refractivity (Wildman–Crippen MR) is 110 cm³/mol. The van der Waals surface area contributed by atoms with Gasteiger partial charge in [0.1, 0.15) is 5.82 Å². The molecule has 0 bridgehead atoms. The number of likely N-dealkylation sites (tertiary alicyclic amines) is 1. The number of aromatic nitrogens is 2. The lowest BCUT2D eigenvalue weighted by Gasteiger charge is -2.25. The Bertz CT molecular complexity index is 1040. The molecule has 1 fully saturated rings. The van der Waals surface area contributed by atoms with E-state index >= 15 is 0 Å². The van der Waals surface area contributed by atoms with Crippen LogP contribution in [0.25, 0.3) is 11.6 Å². The molecule has 0 spiro atoms. The molecule has 0 radical (unpaired) electrons. The van der Waals surface area contributed by atoms with Gasteiger partial charge in [0.2, 0.25) is 0 Å². The average Bonchev–Trinajstić information content (AvgIpc) is 3.37. The Morgan fingerprint density at radius 1 is 1.34 bits per heavy atom. The molecule has 0 N–H and O–H groups in total. The summed E-state index contributed by atoms with van der Waals surface area (Å²) in [4.78, 5) is 13.6. The first-order valence-corrected chi connectivity index (χ1v) is 9.86. The summed E-state index contributed by atoms with van der Waals surface area (Å²) in [6.07, 6.45) is 9.62. The van der Waals surface area contributed by atoms with Crippen LogP contribution in [0.3, 0.4) is 0 Å². The van der Waals surface area contributed by atoms with Crippen LogP contribution >= 0.6 is 0 Å². The third kappa shape index (κ3) is 4.22. The van der Waals surface area contributed by atoms with Gasteiger partial charge in [0.05, 0.1) is 18.8 Å². The number of ether oxygens (including phenoxy) is 1. The highest BCUT2D eigenvalue weighted by Crippen LogP contribution is 2.34. The minimum atomic E-state index is -0.454. The fourth-order valence-electron chi connectivity index (χ4n) is 4.04. The molecule has 5 nitrogen and oxygen atoms in total. The fraction of sp³-hybridized carbons (Fsp3) is 0.304. The van der Waals surface area contributed by atoms with Gasteiger partial charge in [-0.15, -0.1) is 0 Å². The van der Waals surface area contributed by atoms with Gasteiger partial charge in [-0.1, -0.05) is 18.2 Å². The first-order chi connectivity index (χ1) is 14.2. The normalized spacial score (nSPS) is 17.4. The van der Waals surface area contributed by atoms with Gasteiger partial charge in [-0.2, -0.15) is 5.10 Å². The zero-order valence-corrected chi connectivity index (χ0v) is 16.4. The standard InChI is InChI=1S/C23H24FN3O2/c1-29-23(28)10-8-17-7-9-19(20(24)15-17)22-6-4-12-26(22)14-11-18-16-25-27-13-3-2-5-21(18)27/h2-3,5,7-10,13,15-16,22H,4,6,11-12,14H2,1H3/b10-8+. The van der Waals surface area contributed by atoms with Gasteiger partial charge in [0.25, 0.3) is 0 Å². The van der Waals surface area contributed by atoms with Crippen LogP contribution in [0, 0.1) is 5.82 Å². The van der Waals surface area contributed by atoms with Crippen LogP contribution in [0.2, 0.25) is 0 Å². The molecule has 0 amide bonds. The summed E-state index contributed by atoms with van der Waals surface area (Å²) >= 11 is 0. The third-order valence-corrected chi connectivity index (χ3v) is 5.53. The summed E-state index contributed by atoms with van der Waals surface area (Å²) in [5.74, 6) is -0.686. The second kappa shape index (κ2) is 8.57. The smallest absolute Gasteiger partial charge is 0.330 e. The van der Waals surface area contributed by atoms with E-state index in [0.717, 1.165) is 43.4 Å². The molecule has 1 atom stereocenters. The van der Waals surface area contributed by atoms with E-state index in [1.165, 1.54) is 24.8 Å². The number of hydrogen-bond acceptors (Lipinski definition) is 4. The molecule has 3 heterocycles. The van der Waals surface area contributed by atoms with Gasteiger partial charge in [-0.25, -0.2) is 13.7 Å². The van der Waals surface area contributed by atoms with Crippen molar-refractivity contribution in [2.24, 2.45) is 0 Å². The molecule has 1 aliphatic rings. The zero-order valence-electron chi connectivity index (χ0n) is 16.4. The number of carbonyl (C=O) groups excluding carboxylic acids is 1. The van der Waals surface area contributed by atoms with E-state index in [1.54, 1.807) is 6.08 Å². The summed E-state index contributed by atoms with van der Waals surface area (Å²) in [7, 11) is 1.32. The van der Waals surface area contributed by atoms with Crippen LogP contribution in [0.1, 0.15) is 35.6 Å². The average molecular weight is 393 g/mol. The van der Waals surface area contributed by atoms with Crippen molar-refractivity contribution in [3.8, 4) is 0 Å². The first kappa shape index (κ1) is 19.3. The van der Waals surface area contributed by atoms with E-state index in [2.05, 4.69) is 20.8 Å². The third-order valence-electron chi connectivity index (χ3n) is 5.53. The number of nitrogens with zero attached hydrogens (tertiary/aromatic N) is 3. The SMILES string of the molecule is COC(=O)/C=C/c1ccc(C2CCCN2CCc2cnn3ccccc23)c(F)c1. The van der Waals surface area contributed by atoms with Gasteiger partial charge in [0.15, 0.2) is 0 Å². The minimum Gasteiger partial charge on any atom is -0.466 e. The summed E-state index contributed by atoms with van der Waals surface area (Å²) in [6, 6.07) is 11.3. The van der Waals surface area contributed by atoms with Crippen LogP contribution < -0.4 is 0 Å². The van der Waals surface area contributed by atoms with Crippen LogP contribution in [0.4, 0.5) is 4.39 Å². The first-order valence-electron chi connectivity index (χ1n) is 9.86. The maximum Gasteiger partial charge on any atom is 0.330 e. The highest BCUT2D eigenvalue weighted by molar-refractivity contribution is 5.86. The molecule has 4 rings (SSSR count). The van der Waals surface area contributed by atoms with Crippen molar-refractivity contribution < 1.29 is 13.9 Å². The Labute approximate surface area is 169 Å². The molecule has 1 unspecified atom stereocenters. The van der Waals surface area contributed by atoms with E-state index in [-0.39, 0.29) is 11.9 Å². The van der Waals surface area contributed by atoms with Crippen molar-refractivity contribution >= 4 is 17.6 Å². The number of benzene rings is 1. The van der Waals surface area contributed by atoms with Crippen LogP contribution in [0.15, 0.2) is 54.9 Å². The van der Waals surface area contributed by atoms with Crippen molar-refractivity contribution in [2.75, 3.05) is 20.2 Å². The Kier molecular flexibility index (Phi) is 5.71. The van der Waals surface area contributed by atoms with Gasteiger partial charge >= 0.3 is 5.97 Å². The Balaban J connectivity index is 1.46. The topological polar surface area (TPSA) is 46.8 Å². The second-order valence-electron chi connectivity index (χ2n) is 7.28. The lowest BCUT2D eigenvalue weighted by atomic mass is 10.0. The van der Waals surface area contributed by atoms with Crippen molar-refractivity contribution in [1.82, 2.24) is 14.5 Å². The van der Waals surface area contributed by atoms with E-state index in [9.17, 15) is 9.18 Å². The van der Waals surface area contributed by atoms with Crippen LogP contribution in [-0.4, -0.2) is 40.7 Å². The van der Waals surface area contributed by atoms with E-state index in [1.807, 2.05) is 41.2 Å². The van der Waals surface area contributed by atoms with Gasteiger partial charge in [0, 0.05) is 30.4 Å². The predicted octanol–water partition coefficient (Wildman–Crippen LogP) is 4.04. The van der Waals surface area contributed by atoms with Crippen molar-refractivity contribution in [1.29, 1.82) is 0 Å². The summed E-state index contributed by atoms with van der Waals surface area (Å²) in [6.45, 7) is 1.83. The number of carbonyl (C=O) groups is 1.